The Balaban J connectivity index is 2.36. The molecule has 5 nitrogen and oxygen atoms in total. The van der Waals surface area contributed by atoms with Crippen LogP contribution in [-0.2, 0) is 11.3 Å². The highest BCUT2D eigenvalue weighted by molar-refractivity contribution is 5.67. The van der Waals surface area contributed by atoms with Gasteiger partial charge in [0.15, 0.2) is 0 Å². The van der Waals surface area contributed by atoms with Gasteiger partial charge in [-0.2, -0.15) is 5.10 Å². The molecule has 0 aliphatic heterocycles. The number of allylic oxidation sites excluding steroid dienone is 1. The van der Waals surface area contributed by atoms with Gasteiger partial charge in [-0.1, -0.05) is 25.6 Å². The van der Waals surface area contributed by atoms with E-state index >= 15 is 0 Å². The molecule has 1 unspecified atom stereocenters. The van der Waals surface area contributed by atoms with Gasteiger partial charge in [0.05, 0.1) is 30.4 Å². The quantitative estimate of drug-likeness (QED) is 0.795. The van der Waals surface area contributed by atoms with E-state index in [4.69, 9.17) is 15.2 Å². The van der Waals surface area contributed by atoms with Gasteiger partial charge >= 0.3 is 0 Å². The Labute approximate surface area is 131 Å². The lowest BCUT2D eigenvalue weighted by molar-refractivity contribution is 0.182. The molecular weight excluding hydrogens is 278 g/mol. The van der Waals surface area contributed by atoms with Crippen molar-refractivity contribution in [1.82, 2.24) is 9.78 Å². The maximum Gasteiger partial charge on any atom is 0.129 e. The summed E-state index contributed by atoms with van der Waals surface area (Å²) in [5.74, 6) is 1.53. The first-order chi connectivity index (χ1) is 10.6. The Bertz CT molecular complexity index is 647. The number of hydrogen-bond donors (Lipinski definition) is 1. The van der Waals surface area contributed by atoms with E-state index in [1.54, 1.807) is 11.8 Å². The van der Waals surface area contributed by atoms with Crippen molar-refractivity contribution >= 4 is 0 Å². The average molecular weight is 301 g/mol. The zero-order valence-corrected chi connectivity index (χ0v) is 13.4. The molecule has 2 rings (SSSR count). The van der Waals surface area contributed by atoms with E-state index in [-0.39, 0.29) is 6.17 Å². The van der Waals surface area contributed by atoms with Gasteiger partial charge in [-0.15, -0.1) is 0 Å². The van der Waals surface area contributed by atoms with Crippen LogP contribution in [0.2, 0.25) is 0 Å². The van der Waals surface area contributed by atoms with Crippen molar-refractivity contribution in [2.24, 2.45) is 5.73 Å². The molecule has 0 amide bonds. The summed E-state index contributed by atoms with van der Waals surface area (Å²) in [6.45, 7) is 8.14. The van der Waals surface area contributed by atoms with Crippen LogP contribution in [0.4, 0.5) is 0 Å². The molecule has 1 aromatic carbocycles. The van der Waals surface area contributed by atoms with Gasteiger partial charge in [0.25, 0.3) is 0 Å². The molecule has 0 saturated carbocycles. The highest BCUT2D eigenvalue weighted by Crippen LogP contribution is 2.29. The number of nitrogens with zero attached hydrogens (tertiary/aromatic N) is 2. The molecule has 118 valence electrons. The van der Waals surface area contributed by atoms with Gasteiger partial charge < -0.3 is 15.2 Å². The van der Waals surface area contributed by atoms with Gasteiger partial charge in [-0.05, 0) is 25.1 Å². The largest absolute Gasteiger partial charge is 0.496 e. The highest BCUT2D eigenvalue weighted by atomic mass is 16.5. The second kappa shape index (κ2) is 7.13. The molecule has 0 radical (unpaired) electrons. The fourth-order valence-corrected chi connectivity index (χ4v) is 2.16. The molecule has 22 heavy (non-hydrogen) atoms. The third kappa shape index (κ3) is 3.49. The molecular formula is C17H23N3O2. The van der Waals surface area contributed by atoms with E-state index in [2.05, 4.69) is 11.7 Å². The van der Waals surface area contributed by atoms with Crippen molar-refractivity contribution < 1.29 is 9.47 Å². The summed E-state index contributed by atoms with van der Waals surface area (Å²) in [5, 5.41) is 4.59. The molecule has 0 bridgehead atoms. The fourth-order valence-electron chi connectivity index (χ4n) is 2.16. The Morgan fingerprint density at radius 3 is 2.77 bits per heavy atom. The molecule has 1 aromatic heterocycles. The monoisotopic (exact) mass is 301 g/mol. The summed E-state index contributed by atoms with van der Waals surface area (Å²) in [7, 11) is 1.65. The molecule has 2 N–H and O–H groups in total. The summed E-state index contributed by atoms with van der Waals surface area (Å²) >= 11 is 0. The van der Waals surface area contributed by atoms with Gasteiger partial charge in [-0.3, -0.25) is 0 Å². The van der Waals surface area contributed by atoms with E-state index in [9.17, 15) is 0 Å². The van der Waals surface area contributed by atoms with Crippen LogP contribution in [0.1, 0.15) is 32.1 Å². The van der Waals surface area contributed by atoms with Crippen molar-refractivity contribution in [1.29, 1.82) is 0 Å². The number of methoxy groups -OCH3 is 1. The van der Waals surface area contributed by atoms with Crippen LogP contribution in [0.25, 0.3) is 11.3 Å². The summed E-state index contributed by atoms with van der Waals surface area (Å²) < 4.78 is 12.8. The zero-order chi connectivity index (χ0) is 16.1. The van der Waals surface area contributed by atoms with Crippen LogP contribution < -0.4 is 10.5 Å². The van der Waals surface area contributed by atoms with Crippen LogP contribution in [0.15, 0.2) is 42.7 Å². The van der Waals surface area contributed by atoms with E-state index in [1.807, 2.05) is 44.2 Å². The van der Waals surface area contributed by atoms with E-state index in [0.717, 1.165) is 34.9 Å². The molecule has 5 heteroatoms. The SMILES string of the molecule is C=C(CC)OCc1cc(-c2ccccc2OC)nn1C(C)N. The minimum Gasteiger partial charge on any atom is -0.496 e. The molecule has 0 saturated heterocycles. The standard InChI is InChI=1S/C17H23N3O2/c1-5-12(2)22-11-14-10-16(19-20(14)13(3)18)15-8-6-7-9-17(15)21-4/h6-10,13H,2,5,11,18H2,1,3-4H3. The van der Waals surface area contributed by atoms with Crippen LogP contribution in [-0.4, -0.2) is 16.9 Å². The maximum absolute atomic E-state index is 6.01. The lowest BCUT2D eigenvalue weighted by atomic mass is 10.1. The molecule has 0 aliphatic rings. The van der Waals surface area contributed by atoms with Gasteiger partial charge in [0.2, 0.25) is 0 Å². The van der Waals surface area contributed by atoms with Gasteiger partial charge in [0.1, 0.15) is 12.4 Å². The van der Waals surface area contributed by atoms with Crippen molar-refractivity contribution in [2.75, 3.05) is 7.11 Å². The van der Waals surface area contributed by atoms with Crippen molar-refractivity contribution in [3.05, 3.63) is 48.4 Å². The number of hydrogen-bond acceptors (Lipinski definition) is 4. The number of ether oxygens (including phenoxy) is 2. The molecule has 1 heterocycles. The lowest BCUT2D eigenvalue weighted by Crippen LogP contribution is -2.18. The van der Waals surface area contributed by atoms with Gasteiger partial charge in [0, 0.05) is 12.0 Å². The van der Waals surface area contributed by atoms with E-state index in [1.165, 1.54) is 0 Å². The fraction of sp³-hybridized carbons (Fsp3) is 0.353. The molecule has 0 aliphatic carbocycles. The molecule has 0 fully saturated rings. The van der Waals surface area contributed by atoms with Crippen molar-refractivity contribution in [3.8, 4) is 17.0 Å². The van der Waals surface area contributed by atoms with E-state index in [0.29, 0.717) is 6.61 Å². The third-order valence-corrected chi connectivity index (χ3v) is 3.40. The van der Waals surface area contributed by atoms with Crippen molar-refractivity contribution in [3.63, 3.8) is 0 Å². The Kier molecular flexibility index (Phi) is 5.22. The van der Waals surface area contributed by atoms with Gasteiger partial charge in [-0.25, -0.2) is 4.68 Å². The number of rotatable bonds is 7. The van der Waals surface area contributed by atoms with Crippen LogP contribution in [0, 0.1) is 0 Å². The molecule has 2 aromatic rings. The Hall–Kier alpha value is -2.27. The smallest absolute Gasteiger partial charge is 0.129 e. The van der Waals surface area contributed by atoms with Crippen LogP contribution in [0.5, 0.6) is 5.75 Å². The topological polar surface area (TPSA) is 62.3 Å². The summed E-state index contributed by atoms with van der Waals surface area (Å²) in [6, 6.07) is 9.75. The number of aromatic nitrogens is 2. The average Bonchev–Trinajstić information content (AvgIpc) is 2.96. The minimum absolute atomic E-state index is 0.239. The second-order valence-electron chi connectivity index (χ2n) is 5.09. The van der Waals surface area contributed by atoms with Crippen LogP contribution in [0.3, 0.4) is 0 Å². The second-order valence-corrected chi connectivity index (χ2v) is 5.09. The first-order valence-electron chi connectivity index (χ1n) is 7.34. The predicted octanol–water partition coefficient (Wildman–Crippen LogP) is 3.48. The minimum atomic E-state index is -0.239. The zero-order valence-electron chi connectivity index (χ0n) is 13.4. The molecule has 0 spiro atoms. The van der Waals surface area contributed by atoms with E-state index < -0.39 is 0 Å². The lowest BCUT2D eigenvalue weighted by Gasteiger charge is -2.12. The Morgan fingerprint density at radius 2 is 2.14 bits per heavy atom. The summed E-state index contributed by atoms with van der Waals surface area (Å²) in [5.41, 5.74) is 8.66. The first kappa shape index (κ1) is 16.1. The Morgan fingerprint density at radius 1 is 1.41 bits per heavy atom. The highest BCUT2D eigenvalue weighted by Gasteiger charge is 2.15. The van der Waals surface area contributed by atoms with Crippen molar-refractivity contribution in [2.45, 2.75) is 33.0 Å². The predicted molar refractivity (Wildman–Crippen MR) is 87.3 cm³/mol. The number of nitrogens with two attached hydrogens (primary N) is 1. The summed E-state index contributed by atoms with van der Waals surface area (Å²) in [4.78, 5) is 0. The first-order valence-corrected chi connectivity index (χ1v) is 7.34. The molecule has 1 atom stereocenters. The summed E-state index contributed by atoms with van der Waals surface area (Å²) in [6.07, 6.45) is 0.544. The number of para-hydroxylation sites is 1. The third-order valence-electron chi connectivity index (χ3n) is 3.40. The maximum atomic E-state index is 6.01. The number of benzene rings is 1. The van der Waals surface area contributed by atoms with Crippen LogP contribution >= 0.6 is 0 Å². The normalized spacial score (nSPS) is 12.0.